The first-order chi connectivity index (χ1) is 5.31. The number of carbonyl (C=O) groups excluding carboxylic acids is 1. The van der Waals surface area contributed by atoms with E-state index < -0.39 is 5.97 Å². The highest BCUT2D eigenvalue weighted by molar-refractivity contribution is 6.26. The zero-order chi connectivity index (χ0) is 8.53. The monoisotopic (exact) mass is 172 g/mol. The molecule has 0 aliphatic carbocycles. The highest BCUT2D eigenvalue weighted by Gasteiger charge is 1.90. The molecule has 0 aromatic heterocycles. The molecule has 60 valence electrons. The van der Waals surface area contributed by atoms with Crippen molar-refractivity contribution in [2.24, 2.45) is 0 Å². The second kappa shape index (κ2) is 7.09. The van der Waals surface area contributed by atoms with E-state index in [1.54, 1.807) is 18.2 Å². The number of esters is 1. The standard InChI is InChI=1S/C8H9ClO2/c1-2-3-4-7-11-8(10)5-6-9/h2-6H,1,7H2/b4-3+,6-5+. The Bertz CT molecular complexity index is 183. The summed E-state index contributed by atoms with van der Waals surface area (Å²) in [5.41, 5.74) is 1.11. The smallest absolute Gasteiger partial charge is 0.331 e. The van der Waals surface area contributed by atoms with Gasteiger partial charge in [-0.25, -0.2) is 4.79 Å². The van der Waals surface area contributed by atoms with Gasteiger partial charge in [-0.2, -0.15) is 0 Å². The van der Waals surface area contributed by atoms with E-state index in [0.717, 1.165) is 11.6 Å². The first-order valence-electron chi connectivity index (χ1n) is 3.02. The molecular weight excluding hydrogens is 164 g/mol. The van der Waals surface area contributed by atoms with Gasteiger partial charge in [-0.3, -0.25) is 0 Å². The van der Waals surface area contributed by atoms with Crippen molar-refractivity contribution < 1.29 is 9.53 Å². The number of allylic oxidation sites excluding steroid dienone is 2. The SMILES string of the molecule is C=C/C=C/COC(=O)/C=C/Cl. The second-order valence-electron chi connectivity index (χ2n) is 1.59. The van der Waals surface area contributed by atoms with Crippen LogP contribution in [-0.4, -0.2) is 12.6 Å². The van der Waals surface area contributed by atoms with Crippen molar-refractivity contribution in [3.63, 3.8) is 0 Å². The molecule has 3 heteroatoms. The molecule has 0 fully saturated rings. The van der Waals surface area contributed by atoms with Crippen LogP contribution in [0, 0.1) is 0 Å². The molecule has 0 radical (unpaired) electrons. The van der Waals surface area contributed by atoms with Gasteiger partial charge in [0.15, 0.2) is 0 Å². The molecule has 0 amide bonds. The van der Waals surface area contributed by atoms with Gasteiger partial charge < -0.3 is 4.74 Å². The predicted molar refractivity (Wildman–Crippen MR) is 45.3 cm³/mol. The van der Waals surface area contributed by atoms with E-state index in [1.807, 2.05) is 0 Å². The van der Waals surface area contributed by atoms with E-state index in [9.17, 15) is 4.79 Å². The molecule has 0 rings (SSSR count). The van der Waals surface area contributed by atoms with Crippen molar-refractivity contribution >= 4 is 17.6 Å². The molecule has 0 atom stereocenters. The molecule has 0 saturated heterocycles. The maximum atomic E-state index is 10.6. The average molecular weight is 173 g/mol. The normalized spacial score (nSPS) is 10.6. The van der Waals surface area contributed by atoms with E-state index in [2.05, 4.69) is 11.3 Å². The van der Waals surface area contributed by atoms with Gasteiger partial charge >= 0.3 is 5.97 Å². The van der Waals surface area contributed by atoms with E-state index in [0.29, 0.717) is 0 Å². The van der Waals surface area contributed by atoms with Gasteiger partial charge in [-0.1, -0.05) is 30.3 Å². The topological polar surface area (TPSA) is 26.3 Å². The Morgan fingerprint density at radius 1 is 1.64 bits per heavy atom. The molecule has 0 saturated carbocycles. The zero-order valence-electron chi connectivity index (χ0n) is 6.00. The molecule has 11 heavy (non-hydrogen) atoms. The lowest BCUT2D eigenvalue weighted by molar-refractivity contribution is -0.136. The fourth-order valence-corrected chi connectivity index (χ4v) is 0.484. The van der Waals surface area contributed by atoms with E-state index in [4.69, 9.17) is 11.6 Å². The quantitative estimate of drug-likeness (QED) is 0.369. The lowest BCUT2D eigenvalue weighted by Gasteiger charge is -1.93. The molecule has 0 aliphatic heterocycles. The van der Waals surface area contributed by atoms with Crippen LogP contribution in [0.2, 0.25) is 0 Å². The average Bonchev–Trinajstić information content (AvgIpc) is 1.99. The van der Waals surface area contributed by atoms with Crippen LogP contribution in [0.5, 0.6) is 0 Å². The second-order valence-corrected chi connectivity index (χ2v) is 1.84. The largest absolute Gasteiger partial charge is 0.458 e. The number of hydrogen-bond donors (Lipinski definition) is 0. The van der Waals surface area contributed by atoms with Gasteiger partial charge in [-0.15, -0.1) is 0 Å². The first kappa shape index (κ1) is 9.98. The van der Waals surface area contributed by atoms with Crippen molar-refractivity contribution in [2.75, 3.05) is 6.61 Å². The van der Waals surface area contributed by atoms with Gasteiger partial charge in [0, 0.05) is 11.6 Å². The molecule has 0 bridgehead atoms. The summed E-state index contributed by atoms with van der Waals surface area (Å²) in [7, 11) is 0. The third-order valence-corrected chi connectivity index (χ3v) is 0.919. The maximum Gasteiger partial charge on any atom is 0.331 e. The molecule has 0 aliphatic rings. The number of rotatable bonds is 4. The van der Waals surface area contributed by atoms with Gasteiger partial charge in [0.25, 0.3) is 0 Å². The van der Waals surface area contributed by atoms with Crippen LogP contribution in [0.15, 0.2) is 36.4 Å². The van der Waals surface area contributed by atoms with Crippen LogP contribution in [0.1, 0.15) is 0 Å². The molecular formula is C8H9ClO2. The lowest BCUT2D eigenvalue weighted by Crippen LogP contribution is -1.99. The molecule has 0 aromatic carbocycles. The Hall–Kier alpha value is -1.02. The van der Waals surface area contributed by atoms with Crippen LogP contribution in [0.4, 0.5) is 0 Å². The number of hydrogen-bond acceptors (Lipinski definition) is 2. The van der Waals surface area contributed by atoms with Gasteiger partial charge in [0.2, 0.25) is 0 Å². The van der Waals surface area contributed by atoms with Crippen molar-refractivity contribution in [1.29, 1.82) is 0 Å². The Labute approximate surface area is 70.8 Å². The fourth-order valence-electron chi connectivity index (χ4n) is 0.382. The molecule has 2 nitrogen and oxygen atoms in total. The number of halogens is 1. The summed E-state index contributed by atoms with van der Waals surface area (Å²) in [4.78, 5) is 10.6. The summed E-state index contributed by atoms with van der Waals surface area (Å²) in [6.45, 7) is 3.69. The van der Waals surface area contributed by atoms with Crippen molar-refractivity contribution in [1.82, 2.24) is 0 Å². The van der Waals surface area contributed by atoms with Crippen LogP contribution < -0.4 is 0 Å². The van der Waals surface area contributed by atoms with Crippen LogP contribution in [0.3, 0.4) is 0 Å². The summed E-state index contributed by atoms with van der Waals surface area (Å²) in [5, 5.41) is 0. The fraction of sp³-hybridized carbons (Fsp3) is 0.125. The molecule has 0 spiro atoms. The summed E-state index contributed by atoms with van der Waals surface area (Å²) >= 11 is 5.12. The summed E-state index contributed by atoms with van der Waals surface area (Å²) in [6, 6.07) is 0. The van der Waals surface area contributed by atoms with Gasteiger partial charge in [0.1, 0.15) is 6.61 Å². The molecule has 0 heterocycles. The van der Waals surface area contributed by atoms with E-state index in [-0.39, 0.29) is 6.61 Å². The Morgan fingerprint density at radius 2 is 2.36 bits per heavy atom. The minimum atomic E-state index is -0.450. The minimum Gasteiger partial charge on any atom is -0.458 e. The Kier molecular flexibility index (Phi) is 6.43. The van der Waals surface area contributed by atoms with Gasteiger partial charge in [-0.05, 0) is 6.08 Å². The predicted octanol–water partition coefficient (Wildman–Crippen LogP) is 2.02. The summed E-state index contributed by atoms with van der Waals surface area (Å²) in [6.07, 6.45) is 6.11. The van der Waals surface area contributed by atoms with Crippen LogP contribution in [0.25, 0.3) is 0 Å². The molecule has 0 unspecified atom stereocenters. The lowest BCUT2D eigenvalue weighted by atomic mass is 10.5. The molecule has 0 N–H and O–H groups in total. The minimum absolute atomic E-state index is 0.242. The summed E-state index contributed by atoms with van der Waals surface area (Å²) < 4.78 is 4.64. The van der Waals surface area contributed by atoms with Crippen molar-refractivity contribution in [3.05, 3.63) is 36.4 Å². The third-order valence-electron chi connectivity index (χ3n) is 0.793. The van der Waals surface area contributed by atoms with Crippen molar-refractivity contribution in [3.8, 4) is 0 Å². The third kappa shape index (κ3) is 6.87. The molecule has 0 aromatic rings. The highest BCUT2D eigenvalue weighted by Crippen LogP contribution is 1.85. The number of ether oxygens (including phenoxy) is 1. The van der Waals surface area contributed by atoms with E-state index >= 15 is 0 Å². The first-order valence-corrected chi connectivity index (χ1v) is 3.46. The van der Waals surface area contributed by atoms with E-state index in [1.165, 1.54) is 0 Å². The Balaban J connectivity index is 3.46. The zero-order valence-corrected chi connectivity index (χ0v) is 6.75. The van der Waals surface area contributed by atoms with Crippen LogP contribution in [-0.2, 0) is 9.53 Å². The highest BCUT2D eigenvalue weighted by atomic mass is 35.5. The summed E-state index contributed by atoms with van der Waals surface area (Å²) in [5.74, 6) is -0.450. The Morgan fingerprint density at radius 3 is 2.91 bits per heavy atom. The number of carbonyl (C=O) groups is 1. The maximum absolute atomic E-state index is 10.6. The van der Waals surface area contributed by atoms with Crippen molar-refractivity contribution in [2.45, 2.75) is 0 Å². The van der Waals surface area contributed by atoms with Gasteiger partial charge in [0.05, 0.1) is 0 Å². The van der Waals surface area contributed by atoms with Crippen LogP contribution >= 0.6 is 11.6 Å².